The molecule has 0 bridgehead atoms. The van der Waals surface area contributed by atoms with Crippen LogP contribution in [0.1, 0.15) is 5.56 Å². The summed E-state index contributed by atoms with van der Waals surface area (Å²) in [7, 11) is 3.27. The lowest BCUT2D eigenvalue weighted by molar-refractivity contribution is -0.115. The van der Waals surface area contributed by atoms with E-state index in [1.54, 1.807) is 32.5 Å². The average Bonchev–Trinajstić information content (AvgIpc) is 3.23. The summed E-state index contributed by atoms with van der Waals surface area (Å²) in [5.41, 5.74) is 3.18. The minimum atomic E-state index is -0.377. The molecule has 2 aromatic carbocycles. The van der Waals surface area contributed by atoms with Gasteiger partial charge in [-0.2, -0.15) is 0 Å². The van der Waals surface area contributed by atoms with Gasteiger partial charge in [-0.15, -0.1) is 0 Å². The summed E-state index contributed by atoms with van der Waals surface area (Å²) in [5, 5.41) is 12.3. The third kappa shape index (κ3) is 5.97. The van der Waals surface area contributed by atoms with Crippen LogP contribution >= 0.6 is 15.9 Å². The number of hydrogen-bond acceptors (Lipinski definition) is 5. The van der Waals surface area contributed by atoms with Crippen molar-refractivity contribution in [2.45, 2.75) is 6.54 Å². The van der Waals surface area contributed by atoms with Gasteiger partial charge in [0.25, 0.3) is 0 Å². The first-order valence-electron chi connectivity index (χ1n) is 10.9. The van der Waals surface area contributed by atoms with Crippen LogP contribution in [0.2, 0.25) is 0 Å². The zero-order chi connectivity index (χ0) is 24.8. The van der Waals surface area contributed by atoms with Crippen molar-refractivity contribution in [1.82, 2.24) is 14.9 Å². The summed E-state index contributed by atoms with van der Waals surface area (Å²) < 4.78 is 8.23. The molecule has 0 saturated carbocycles. The van der Waals surface area contributed by atoms with Crippen molar-refractivity contribution >= 4 is 56.0 Å². The second kappa shape index (κ2) is 11.0. The molecule has 4 aromatic rings. The number of methoxy groups -OCH3 is 1. The highest BCUT2D eigenvalue weighted by molar-refractivity contribution is 9.10. The van der Waals surface area contributed by atoms with Gasteiger partial charge >= 0.3 is 6.03 Å². The molecule has 2 aromatic heterocycles. The Balaban J connectivity index is 1.50. The van der Waals surface area contributed by atoms with Crippen LogP contribution in [-0.4, -0.2) is 42.2 Å². The van der Waals surface area contributed by atoms with Crippen molar-refractivity contribution in [2.75, 3.05) is 36.7 Å². The first-order valence-corrected chi connectivity index (χ1v) is 11.6. The van der Waals surface area contributed by atoms with E-state index in [4.69, 9.17) is 4.74 Å². The molecule has 0 saturated heterocycles. The van der Waals surface area contributed by atoms with E-state index in [1.807, 2.05) is 48.7 Å². The SMILES string of the molecule is CNCC(=O)Nc1cc(Cn2ccc3c(NC(=O)Nc4cc(Br)ccc4OC)cccc32)ccn1. The second-order valence-corrected chi connectivity index (χ2v) is 8.65. The predicted octanol–water partition coefficient (Wildman–Crippen LogP) is 4.66. The molecule has 0 radical (unpaired) electrons. The van der Waals surface area contributed by atoms with Crippen molar-refractivity contribution < 1.29 is 14.3 Å². The number of hydrogen-bond donors (Lipinski definition) is 4. The van der Waals surface area contributed by atoms with E-state index in [9.17, 15) is 9.59 Å². The number of carbonyl (C=O) groups excluding carboxylic acids is 2. The van der Waals surface area contributed by atoms with Gasteiger partial charge in [0.15, 0.2) is 0 Å². The number of ether oxygens (including phenoxy) is 1. The molecule has 0 fully saturated rings. The van der Waals surface area contributed by atoms with Gasteiger partial charge in [0.2, 0.25) is 5.91 Å². The average molecular weight is 537 g/mol. The van der Waals surface area contributed by atoms with E-state index in [0.29, 0.717) is 29.5 Å². The van der Waals surface area contributed by atoms with Crippen molar-refractivity contribution in [2.24, 2.45) is 0 Å². The van der Waals surface area contributed by atoms with Gasteiger partial charge in [-0.3, -0.25) is 4.79 Å². The minimum Gasteiger partial charge on any atom is -0.495 e. The Morgan fingerprint density at radius 1 is 1.03 bits per heavy atom. The van der Waals surface area contributed by atoms with Crippen molar-refractivity contribution in [3.05, 3.63) is 77.0 Å². The fraction of sp³-hybridized carbons (Fsp3) is 0.160. The minimum absolute atomic E-state index is 0.155. The molecule has 0 aliphatic carbocycles. The Morgan fingerprint density at radius 3 is 2.66 bits per heavy atom. The molecule has 180 valence electrons. The number of anilines is 3. The Kier molecular flexibility index (Phi) is 7.64. The Bertz CT molecular complexity index is 1370. The number of benzene rings is 2. The van der Waals surface area contributed by atoms with E-state index in [0.717, 1.165) is 20.9 Å². The molecular weight excluding hydrogens is 512 g/mol. The van der Waals surface area contributed by atoms with Gasteiger partial charge in [-0.25, -0.2) is 9.78 Å². The topological polar surface area (TPSA) is 109 Å². The molecule has 0 aliphatic heterocycles. The van der Waals surface area contributed by atoms with E-state index < -0.39 is 0 Å². The fourth-order valence-corrected chi connectivity index (χ4v) is 4.07. The molecule has 4 N–H and O–H groups in total. The number of fused-ring (bicyclic) bond motifs is 1. The van der Waals surface area contributed by atoms with E-state index in [1.165, 1.54) is 0 Å². The number of pyridine rings is 1. The number of likely N-dealkylation sites (N-methyl/N-ethyl adjacent to an activating group) is 1. The number of nitrogens with zero attached hydrogens (tertiary/aromatic N) is 2. The molecule has 0 aliphatic rings. The number of aromatic nitrogens is 2. The number of amides is 3. The number of rotatable bonds is 8. The first-order chi connectivity index (χ1) is 17.0. The zero-order valence-electron chi connectivity index (χ0n) is 19.3. The van der Waals surface area contributed by atoms with Crippen LogP contribution in [0.5, 0.6) is 5.75 Å². The molecule has 35 heavy (non-hydrogen) atoms. The van der Waals surface area contributed by atoms with Crippen LogP contribution in [0.25, 0.3) is 10.9 Å². The summed E-state index contributed by atoms with van der Waals surface area (Å²) in [6.07, 6.45) is 3.63. The molecule has 2 heterocycles. The molecule has 0 atom stereocenters. The lowest BCUT2D eigenvalue weighted by Crippen LogP contribution is -2.25. The van der Waals surface area contributed by atoms with Crippen LogP contribution in [0.15, 0.2) is 71.5 Å². The second-order valence-electron chi connectivity index (χ2n) is 7.73. The molecule has 10 heteroatoms. The molecular formula is C25H25BrN6O3. The van der Waals surface area contributed by atoms with Gasteiger partial charge in [-0.1, -0.05) is 22.0 Å². The maximum Gasteiger partial charge on any atom is 0.323 e. The molecule has 3 amide bonds. The van der Waals surface area contributed by atoms with Gasteiger partial charge in [0, 0.05) is 28.8 Å². The summed E-state index contributed by atoms with van der Waals surface area (Å²) >= 11 is 3.41. The molecule has 9 nitrogen and oxygen atoms in total. The third-order valence-corrected chi connectivity index (χ3v) is 5.75. The fourth-order valence-electron chi connectivity index (χ4n) is 3.71. The van der Waals surface area contributed by atoms with Crippen LogP contribution in [0.4, 0.5) is 22.0 Å². The number of nitrogens with one attached hydrogen (secondary N) is 4. The summed E-state index contributed by atoms with van der Waals surface area (Å²) in [6, 6.07) is 16.5. The lowest BCUT2D eigenvalue weighted by Gasteiger charge is -2.13. The third-order valence-electron chi connectivity index (χ3n) is 5.25. The van der Waals surface area contributed by atoms with Crippen LogP contribution in [-0.2, 0) is 11.3 Å². The highest BCUT2D eigenvalue weighted by Crippen LogP contribution is 2.29. The monoisotopic (exact) mass is 536 g/mol. The van der Waals surface area contributed by atoms with Crippen molar-refractivity contribution in [3.63, 3.8) is 0 Å². The summed E-state index contributed by atoms with van der Waals surface area (Å²) in [5.74, 6) is 0.908. The molecule has 0 unspecified atom stereocenters. The smallest absolute Gasteiger partial charge is 0.323 e. The van der Waals surface area contributed by atoms with Gasteiger partial charge in [0.05, 0.1) is 30.5 Å². The van der Waals surface area contributed by atoms with Gasteiger partial charge < -0.3 is 30.6 Å². The van der Waals surface area contributed by atoms with E-state index >= 15 is 0 Å². The normalized spacial score (nSPS) is 10.7. The largest absolute Gasteiger partial charge is 0.495 e. The number of halogens is 1. The van der Waals surface area contributed by atoms with Crippen molar-refractivity contribution in [1.29, 1.82) is 0 Å². The van der Waals surface area contributed by atoms with E-state index in [2.05, 4.69) is 46.7 Å². The standard InChI is InChI=1S/C25H25BrN6O3/c1-27-14-24(33)31-23-12-16(8-10-28-23)15-32-11-9-18-19(4-3-5-21(18)32)29-25(34)30-20-13-17(26)6-7-22(20)35-2/h3-13,27H,14-15H2,1-2H3,(H,28,31,33)(H2,29,30,34). The van der Waals surface area contributed by atoms with Crippen LogP contribution < -0.4 is 26.0 Å². The van der Waals surface area contributed by atoms with Crippen LogP contribution in [0.3, 0.4) is 0 Å². The van der Waals surface area contributed by atoms with E-state index in [-0.39, 0.29) is 18.5 Å². The first kappa shape index (κ1) is 24.2. The van der Waals surface area contributed by atoms with Crippen LogP contribution in [0, 0.1) is 0 Å². The molecule has 4 rings (SSSR count). The summed E-state index contributed by atoms with van der Waals surface area (Å²) in [4.78, 5) is 28.8. The predicted molar refractivity (Wildman–Crippen MR) is 141 cm³/mol. The highest BCUT2D eigenvalue weighted by atomic mass is 79.9. The zero-order valence-corrected chi connectivity index (χ0v) is 20.8. The number of carbonyl (C=O) groups is 2. The van der Waals surface area contributed by atoms with Gasteiger partial charge in [0.1, 0.15) is 11.6 Å². The molecule has 0 spiro atoms. The highest BCUT2D eigenvalue weighted by Gasteiger charge is 2.12. The lowest BCUT2D eigenvalue weighted by atomic mass is 10.2. The van der Waals surface area contributed by atoms with Gasteiger partial charge in [-0.05, 0) is 61.1 Å². The maximum absolute atomic E-state index is 12.7. The Labute approximate surface area is 211 Å². The summed E-state index contributed by atoms with van der Waals surface area (Å²) in [6.45, 7) is 0.789. The Hall–Kier alpha value is -3.89. The quantitative estimate of drug-likeness (QED) is 0.262. The Morgan fingerprint density at radius 2 is 1.86 bits per heavy atom. The maximum atomic E-state index is 12.7. The van der Waals surface area contributed by atoms with Crippen molar-refractivity contribution in [3.8, 4) is 5.75 Å². The number of urea groups is 1.